The van der Waals surface area contributed by atoms with Gasteiger partial charge in [-0.2, -0.15) is 5.10 Å². The molecule has 0 atom stereocenters. The Kier molecular flexibility index (Phi) is 4.28. The van der Waals surface area contributed by atoms with Gasteiger partial charge in [0.25, 0.3) is 0 Å². The van der Waals surface area contributed by atoms with Crippen LogP contribution in [0, 0.1) is 10.1 Å². The van der Waals surface area contributed by atoms with Crippen LogP contribution in [0.2, 0.25) is 0 Å². The summed E-state index contributed by atoms with van der Waals surface area (Å²) >= 11 is 1.79. The second-order valence-corrected chi connectivity index (χ2v) is 6.14. The van der Waals surface area contributed by atoms with E-state index < -0.39 is 4.92 Å². The van der Waals surface area contributed by atoms with Crippen LogP contribution in [0.5, 0.6) is 0 Å². The monoisotopic (exact) mass is 307 g/mol. The molecule has 0 spiro atoms. The van der Waals surface area contributed by atoms with Gasteiger partial charge in [-0.1, -0.05) is 6.07 Å². The molecule has 2 aromatic rings. The minimum atomic E-state index is -0.414. The zero-order chi connectivity index (χ0) is 14.7. The van der Waals surface area contributed by atoms with E-state index in [1.165, 1.54) is 17.3 Å². The summed E-state index contributed by atoms with van der Waals surface area (Å²) in [6, 6.07) is 4.25. The Morgan fingerprint density at radius 2 is 2.05 bits per heavy atom. The van der Waals surface area contributed by atoms with Crippen LogP contribution >= 0.6 is 11.3 Å². The van der Waals surface area contributed by atoms with E-state index in [2.05, 4.69) is 32.4 Å². The molecule has 0 saturated carbocycles. The summed E-state index contributed by atoms with van der Waals surface area (Å²) in [6.45, 7) is 5.57. The lowest BCUT2D eigenvalue weighted by Gasteiger charge is -2.34. The molecule has 0 radical (unpaired) electrons. The molecular weight excluding hydrogens is 290 g/mol. The fourth-order valence-electron chi connectivity index (χ4n) is 2.44. The predicted octanol–water partition coefficient (Wildman–Crippen LogP) is 1.63. The lowest BCUT2D eigenvalue weighted by atomic mass is 10.3. The highest BCUT2D eigenvalue weighted by atomic mass is 32.1. The molecule has 3 heterocycles. The molecule has 1 aliphatic heterocycles. The average Bonchev–Trinajstić information content (AvgIpc) is 3.12. The summed E-state index contributed by atoms with van der Waals surface area (Å²) in [4.78, 5) is 16.3. The quantitative estimate of drug-likeness (QED) is 0.620. The van der Waals surface area contributed by atoms with Crippen molar-refractivity contribution in [3.63, 3.8) is 0 Å². The molecule has 0 unspecified atom stereocenters. The van der Waals surface area contributed by atoms with Crippen molar-refractivity contribution < 1.29 is 4.92 Å². The van der Waals surface area contributed by atoms with Gasteiger partial charge in [-0.25, -0.2) is 0 Å². The second kappa shape index (κ2) is 6.33. The first-order chi connectivity index (χ1) is 10.2. The average molecular weight is 307 g/mol. The number of thiophene rings is 1. The van der Waals surface area contributed by atoms with Crippen molar-refractivity contribution in [3.8, 4) is 0 Å². The summed E-state index contributed by atoms with van der Waals surface area (Å²) in [6.07, 6.45) is 2.78. The number of nitro groups is 1. The van der Waals surface area contributed by atoms with Gasteiger partial charge >= 0.3 is 5.69 Å². The molecule has 0 bridgehead atoms. The van der Waals surface area contributed by atoms with Crippen LogP contribution in [0.25, 0.3) is 0 Å². The largest absolute Gasteiger partial charge is 0.307 e. The summed E-state index contributed by atoms with van der Waals surface area (Å²) in [5.41, 5.74) is 0.0475. The maximum absolute atomic E-state index is 10.6. The molecule has 7 nitrogen and oxygen atoms in total. The Bertz CT molecular complexity index is 589. The van der Waals surface area contributed by atoms with E-state index in [9.17, 15) is 10.1 Å². The van der Waals surface area contributed by atoms with Gasteiger partial charge in [-0.15, -0.1) is 11.3 Å². The molecule has 8 heteroatoms. The van der Waals surface area contributed by atoms with Gasteiger partial charge in [-0.3, -0.25) is 24.6 Å². The van der Waals surface area contributed by atoms with E-state index >= 15 is 0 Å². The standard InChI is InChI=1S/C13H17N5O2S/c19-18(20)12-8-14-17(9-12)11-16-5-3-15(4-6-16)10-13-2-1-7-21-13/h1-2,7-9H,3-6,10-11H2. The van der Waals surface area contributed by atoms with Crippen LogP contribution in [0.1, 0.15) is 4.88 Å². The van der Waals surface area contributed by atoms with Gasteiger partial charge in [0, 0.05) is 37.6 Å². The summed E-state index contributed by atoms with van der Waals surface area (Å²) in [5.74, 6) is 0. The van der Waals surface area contributed by atoms with Crippen molar-refractivity contribution in [2.45, 2.75) is 13.2 Å². The van der Waals surface area contributed by atoms with Crippen molar-refractivity contribution in [3.05, 3.63) is 44.9 Å². The van der Waals surface area contributed by atoms with Crippen LogP contribution in [-0.4, -0.2) is 50.7 Å². The molecule has 0 aliphatic carbocycles. The molecule has 0 aromatic carbocycles. The molecule has 1 fully saturated rings. The molecule has 0 amide bonds. The van der Waals surface area contributed by atoms with Gasteiger partial charge in [0.15, 0.2) is 0 Å². The van der Waals surface area contributed by atoms with Crippen LogP contribution < -0.4 is 0 Å². The van der Waals surface area contributed by atoms with Gasteiger partial charge in [0.2, 0.25) is 0 Å². The van der Waals surface area contributed by atoms with Gasteiger partial charge in [0.05, 0.1) is 11.6 Å². The van der Waals surface area contributed by atoms with Gasteiger partial charge in [0.1, 0.15) is 12.4 Å². The fourth-order valence-corrected chi connectivity index (χ4v) is 3.19. The Hall–Kier alpha value is -1.77. The van der Waals surface area contributed by atoms with E-state index in [-0.39, 0.29) is 5.69 Å². The third-order valence-electron chi connectivity index (χ3n) is 3.60. The first kappa shape index (κ1) is 14.2. The van der Waals surface area contributed by atoms with E-state index in [1.54, 1.807) is 16.0 Å². The topological polar surface area (TPSA) is 67.4 Å². The van der Waals surface area contributed by atoms with Gasteiger partial charge in [-0.05, 0) is 11.4 Å². The van der Waals surface area contributed by atoms with Crippen LogP contribution in [0.3, 0.4) is 0 Å². The number of rotatable bonds is 5. The zero-order valence-corrected chi connectivity index (χ0v) is 12.4. The summed E-state index contributed by atoms with van der Waals surface area (Å²) in [7, 11) is 0. The lowest BCUT2D eigenvalue weighted by Crippen LogP contribution is -2.46. The van der Waals surface area contributed by atoms with Crippen LogP contribution in [0.4, 0.5) is 5.69 Å². The predicted molar refractivity (Wildman–Crippen MR) is 80.1 cm³/mol. The van der Waals surface area contributed by atoms with Gasteiger partial charge < -0.3 is 0 Å². The van der Waals surface area contributed by atoms with Crippen molar-refractivity contribution in [1.82, 2.24) is 19.6 Å². The Morgan fingerprint density at radius 3 is 2.67 bits per heavy atom. The van der Waals surface area contributed by atoms with E-state index in [0.29, 0.717) is 6.67 Å². The molecule has 2 aromatic heterocycles. The second-order valence-electron chi connectivity index (χ2n) is 5.11. The number of nitrogens with zero attached hydrogens (tertiary/aromatic N) is 5. The smallest absolute Gasteiger partial charge is 0.296 e. The highest BCUT2D eigenvalue weighted by Gasteiger charge is 2.18. The summed E-state index contributed by atoms with van der Waals surface area (Å²) < 4.78 is 1.63. The highest BCUT2D eigenvalue weighted by molar-refractivity contribution is 7.09. The molecule has 3 rings (SSSR count). The molecule has 0 N–H and O–H groups in total. The van der Waals surface area contributed by atoms with E-state index in [1.807, 2.05) is 0 Å². The number of piperazine rings is 1. The Morgan fingerprint density at radius 1 is 1.29 bits per heavy atom. The minimum Gasteiger partial charge on any atom is -0.296 e. The maximum Gasteiger partial charge on any atom is 0.307 e. The molecular formula is C13H17N5O2S. The number of hydrogen-bond donors (Lipinski definition) is 0. The highest BCUT2D eigenvalue weighted by Crippen LogP contribution is 2.14. The SMILES string of the molecule is O=[N+]([O-])c1cnn(CN2CCN(Cc3cccs3)CC2)c1. The van der Waals surface area contributed by atoms with Crippen LogP contribution in [0.15, 0.2) is 29.9 Å². The van der Waals surface area contributed by atoms with Crippen molar-refractivity contribution in [1.29, 1.82) is 0 Å². The van der Waals surface area contributed by atoms with Crippen molar-refractivity contribution in [2.75, 3.05) is 26.2 Å². The minimum absolute atomic E-state index is 0.0475. The summed E-state index contributed by atoms with van der Waals surface area (Å²) in [5, 5.41) is 16.8. The Labute approximate surface area is 126 Å². The third-order valence-corrected chi connectivity index (χ3v) is 4.46. The normalized spacial score (nSPS) is 17.1. The zero-order valence-electron chi connectivity index (χ0n) is 11.6. The first-order valence-electron chi connectivity index (χ1n) is 6.84. The van der Waals surface area contributed by atoms with E-state index in [0.717, 1.165) is 32.7 Å². The molecule has 112 valence electrons. The molecule has 1 saturated heterocycles. The third kappa shape index (κ3) is 3.66. The number of aromatic nitrogens is 2. The van der Waals surface area contributed by atoms with Crippen molar-refractivity contribution >= 4 is 17.0 Å². The maximum atomic E-state index is 10.6. The first-order valence-corrected chi connectivity index (χ1v) is 7.72. The van der Waals surface area contributed by atoms with Crippen molar-refractivity contribution in [2.24, 2.45) is 0 Å². The molecule has 1 aliphatic rings. The van der Waals surface area contributed by atoms with E-state index in [4.69, 9.17) is 0 Å². The Balaban J connectivity index is 1.48. The fraction of sp³-hybridized carbons (Fsp3) is 0.462. The molecule has 21 heavy (non-hydrogen) atoms. The lowest BCUT2D eigenvalue weighted by molar-refractivity contribution is -0.385. The van der Waals surface area contributed by atoms with Crippen LogP contribution in [-0.2, 0) is 13.2 Å². The number of hydrogen-bond acceptors (Lipinski definition) is 6.